The molecule has 24 heavy (non-hydrogen) atoms. The van der Waals surface area contributed by atoms with Crippen LogP contribution < -0.4 is 0 Å². The second-order valence-corrected chi connectivity index (χ2v) is 7.19. The summed E-state index contributed by atoms with van der Waals surface area (Å²) in [6, 6.07) is 12.6. The van der Waals surface area contributed by atoms with E-state index in [0.29, 0.717) is 0 Å². The normalized spacial score (nSPS) is 30.2. The Balaban J connectivity index is 1.57. The summed E-state index contributed by atoms with van der Waals surface area (Å²) < 4.78 is 13.4. The summed E-state index contributed by atoms with van der Waals surface area (Å²) in [7, 11) is 0. The van der Waals surface area contributed by atoms with E-state index in [0.717, 1.165) is 50.2 Å². The Morgan fingerprint density at radius 3 is 2.58 bits per heavy atom. The highest BCUT2D eigenvalue weighted by Gasteiger charge is 2.52. The summed E-state index contributed by atoms with van der Waals surface area (Å²) in [5.41, 5.74) is 0.985. The average molecular weight is 326 g/mol. The number of fused-ring (bicyclic) bond motifs is 2. The number of hydrogen-bond acceptors (Lipinski definition) is 3. The van der Waals surface area contributed by atoms with Crippen molar-refractivity contribution in [2.75, 3.05) is 13.1 Å². The van der Waals surface area contributed by atoms with Crippen LogP contribution in [0.4, 0.5) is 4.39 Å². The van der Waals surface area contributed by atoms with E-state index in [1.807, 2.05) is 24.3 Å². The Labute approximate surface area is 142 Å². The van der Waals surface area contributed by atoms with E-state index in [9.17, 15) is 9.50 Å². The minimum atomic E-state index is -0.821. The first-order chi connectivity index (χ1) is 11.7. The van der Waals surface area contributed by atoms with Crippen LogP contribution in [0.25, 0.3) is 0 Å². The zero-order valence-electron chi connectivity index (χ0n) is 13.7. The molecule has 2 heterocycles. The van der Waals surface area contributed by atoms with Crippen LogP contribution in [-0.4, -0.2) is 28.1 Å². The highest BCUT2D eigenvalue weighted by Crippen LogP contribution is 2.48. The predicted molar refractivity (Wildman–Crippen MR) is 90.6 cm³/mol. The van der Waals surface area contributed by atoms with Gasteiger partial charge in [-0.05, 0) is 42.7 Å². The van der Waals surface area contributed by atoms with Crippen molar-refractivity contribution in [2.45, 2.75) is 31.4 Å². The van der Waals surface area contributed by atoms with Crippen molar-refractivity contribution in [3.05, 3.63) is 65.7 Å². The Kier molecular flexibility index (Phi) is 4.10. The van der Waals surface area contributed by atoms with Crippen LogP contribution >= 0.6 is 0 Å². The largest absolute Gasteiger partial charge is 0.383 e. The highest BCUT2D eigenvalue weighted by molar-refractivity contribution is 5.21. The minimum Gasteiger partial charge on any atom is -0.383 e. The fourth-order valence-electron chi connectivity index (χ4n) is 4.58. The van der Waals surface area contributed by atoms with E-state index in [1.54, 1.807) is 18.3 Å². The SMILES string of the molecule is OC1(c2ccccn2)C2CCCC1CN(Cc1cccc(F)c1)C2. The number of likely N-dealkylation sites (tertiary alicyclic amines) is 1. The summed E-state index contributed by atoms with van der Waals surface area (Å²) in [5, 5.41) is 11.5. The van der Waals surface area contributed by atoms with Crippen LogP contribution in [0.15, 0.2) is 48.7 Å². The lowest BCUT2D eigenvalue weighted by molar-refractivity contribution is -0.151. The summed E-state index contributed by atoms with van der Waals surface area (Å²) >= 11 is 0. The van der Waals surface area contributed by atoms with Gasteiger partial charge in [-0.25, -0.2) is 4.39 Å². The van der Waals surface area contributed by atoms with E-state index in [1.165, 1.54) is 6.07 Å². The lowest BCUT2D eigenvalue weighted by Crippen LogP contribution is -2.58. The van der Waals surface area contributed by atoms with Crippen LogP contribution in [0.1, 0.15) is 30.5 Å². The zero-order valence-corrected chi connectivity index (χ0v) is 13.7. The Morgan fingerprint density at radius 2 is 1.92 bits per heavy atom. The van der Waals surface area contributed by atoms with Crippen LogP contribution in [0.5, 0.6) is 0 Å². The number of halogens is 1. The first-order valence-electron chi connectivity index (χ1n) is 8.77. The number of pyridine rings is 1. The van der Waals surface area contributed by atoms with Gasteiger partial charge in [0.25, 0.3) is 0 Å². The third kappa shape index (κ3) is 2.74. The van der Waals surface area contributed by atoms with Gasteiger partial charge < -0.3 is 5.11 Å². The van der Waals surface area contributed by atoms with Crippen molar-refractivity contribution in [2.24, 2.45) is 11.8 Å². The molecule has 1 saturated carbocycles. The first kappa shape index (κ1) is 15.7. The number of nitrogens with zero attached hydrogens (tertiary/aromatic N) is 2. The number of hydrogen-bond donors (Lipinski definition) is 1. The molecular weight excluding hydrogens is 303 g/mol. The smallest absolute Gasteiger partial charge is 0.123 e. The number of benzene rings is 1. The van der Waals surface area contributed by atoms with Crippen LogP contribution in [0, 0.1) is 17.7 Å². The molecule has 2 atom stereocenters. The van der Waals surface area contributed by atoms with Crippen LogP contribution in [0.2, 0.25) is 0 Å². The summed E-state index contributed by atoms with van der Waals surface area (Å²) in [5.74, 6) is 0.191. The fourth-order valence-corrected chi connectivity index (χ4v) is 4.58. The maximum absolute atomic E-state index is 13.4. The second kappa shape index (κ2) is 6.26. The van der Waals surface area contributed by atoms with Crippen molar-refractivity contribution in [1.82, 2.24) is 9.88 Å². The number of rotatable bonds is 3. The molecule has 0 spiro atoms. The molecule has 4 heteroatoms. The second-order valence-electron chi connectivity index (χ2n) is 7.19. The van der Waals surface area contributed by atoms with Crippen molar-refractivity contribution in [3.63, 3.8) is 0 Å². The standard InChI is InChI=1S/C20H23FN2O/c21-18-8-3-5-15(11-18)12-23-13-16-6-4-7-17(14-23)20(16,24)19-9-1-2-10-22-19/h1-3,5,8-11,16-17,24H,4,6-7,12-14H2. The molecule has 0 amide bonds. The highest BCUT2D eigenvalue weighted by atomic mass is 19.1. The fraction of sp³-hybridized carbons (Fsp3) is 0.450. The molecular formula is C20H23FN2O. The van der Waals surface area contributed by atoms with Crippen LogP contribution in [0.3, 0.4) is 0 Å². The van der Waals surface area contributed by atoms with E-state index < -0.39 is 5.60 Å². The molecule has 126 valence electrons. The lowest BCUT2D eigenvalue weighted by atomic mass is 9.64. The van der Waals surface area contributed by atoms with Gasteiger partial charge in [0.2, 0.25) is 0 Å². The average Bonchev–Trinajstić information content (AvgIpc) is 2.57. The molecule has 1 aliphatic carbocycles. The molecule has 1 N–H and O–H groups in total. The quantitative estimate of drug-likeness (QED) is 0.940. The van der Waals surface area contributed by atoms with Crippen molar-refractivity contribution in [3.8, 4) is 0 Å². The van der Waals surface area contributed by atoms with Gasteiger partial charge in [-0.15, -0.1) is 0 Å². The molecule has 2 bridgehead atoms. The number of aromatic nitrogens is 1. The van der Waals surface area contributed by atoms with E-state index in [4.69, 9.17) is 0 Å². The summed E-state index contributed by atoms with van der Waals surface area (Å²) in [6.45, 7) is 2.41. The van der Waals surface area contributed by atoms with Gasteiger partial charge in [-0.1, -0.05) is 24.6 Å². The van der Waals surface area contributed by atoms with Crippen molar-refractivity contribution in [1.29, 1.82) is 0 Å². The third-order valence-corrected chi connectivity index (χ3v) is 5.68. The number of aliphatic hydroxyl groups is 1. The molecule has 2 unspecified atom stereocenters. The molecule has 4 rings (SSSR count). The van der Waals surface area contributed by atoms with Gasteiger partial charge in [0, 0.05) is 37.7 Å². The van der Waals surface area contributed by atoms with Gasteiger partial charge in [-0.2, -0.15) is 0 Å². The first-order valence-corrected chi connectivity index (χ1v) is 8.77. The van der Waals surface area contributed by atoms with Crippen molar-refractivity contribution < 1.29 is 9.50 Å². The molecule has 1 saturated heterocycles. The Morgan fingerprint density at radius 1 is 1.12 bits per heavy atom. The molecule has 1 aromatic heterocycles. The molecule has 2 aliphatic rings. The molecule has 1 aromatic carbocycles. The van der Waals surface area contributed by atoms with E-state index in [2.05, 4.69) is 9.88 Å². The predicted octanol–water partition coefficient (Wildman–Crippen LogP) is 3.34. The monoisotopic (exact) mass is 326 g/mol. The van der Waals surface area contributed by atoms with Gasteiger partial charge in [-0.3, -0.25) is 9.88 Å². The maximum Gasteiger partial charge on any atom is 0.123 e. The number of piperidine rings is 1. The van der Waals surface area contributed by atoms with Gasteiger partial charge in [0.1, 0.15) is 11.4 Å². The van der Waals surface area contributed by atoms with E-state index in [-0.39, 0.29) is 17.7 Å². The summed E-state index contributed by atoms with van der Waals surface area (Å²) in [4.78, 5) is 6.82. The van der Waals surface area contributed by atoms with E-state index >= 15 is 0 Å². The van der Waals surface area contributed by atoms with Gasteiger partial charge in [0.05, 0.1) is 5.69 Å². The molecule has 2 aromatic rings. The Bertz CT molecular complexity index is 692. The van der Waals surface area contributed by atoms with Gasteiger partial charge in [0.15, 0.2) is 0 Å². The summed E-state index contributed by atoms with van der Waals surface area (Å²) in [6.07, 6.45) is 4.97. The molecule has 0 radical (unpaired) electrons. The maximum atomic E-state index is 13.4. The third-order valence-electron chi connectivity index (χ3n) is 5.68. The van der Waals surface area contributed by atoms with Gasteiger partial charge >= 0.3 is 0 Å². The molecule has 2 fully saturated rings. The Hall–Kier alpha value is -1.78. The van der Waals surface area contributed by atoms with Crippen LogP contribution in [-0.2, 0) is 12.1 Å². The minimum absolute atomic E-state index is 0.185. The molecule has 1 aliphatic heterocycles. The topological polar surface area (TPSA) is 36.4 Å². The molecule has 3 nitrogen and oxygen atoms in total. The zero-order chi connectivity index (χ0) is 16.6. The van der Waals surface area contributed by atoms with Crippen molar-refractivity contribution >= 4 is 0 Å². The lowest BCUT2D eigenvalue weighted by Gasteiger charge is -2.52.